The third-order valence-electron chi connectivity index (χ3n) is 8.56. The minimum Gasteiger partial charge on any atom is -0.476 e. The van der Waals surface area contributed by atoms with Crippen molar-refractivity contribution < 1.29 is 14.3 Å². The van der Waals surface area contributed by atoms with Crippen molar-refractivity contribution in [2.45, 2.75) is 70.4 Å². The van der Waals surface area contributed by atoms with E-state index in [0.717, 1.165) is 44.3 Å². The SMILES string of the molecule is CN1CCC[C@H]1COc1cc(-n2cc(Cn3ccnc3)nn2)nc(/C(N)=C2\CCC[C@@]3(CCCCC3=O)C2=O)n1. The van der Waals surface area contributed by atoms with Gasteiger partial charge in [-0.15, -0.1) is 5.10 Å². The number of imidazole rings is 1. The fourth-order valence-corrected chi connectivity index (χ4v) is 6.22. The Hall–Kier alpha value is -3.93. The molecule has 1 saturated heterocycles. The third-order valence-corrected chi connectivity index (χ3v) is 8.56. The zero-order valence-electron chi connectivity index (χ0n) is 22.8. The lowest BCUT2D eigenvalue weighted by atomic mass is 9.62. The van der Waals surface area contributed by atoms with Crippen LogP contribution in [-0.2, 0) is 16.1 Å². The van der Waals surface area contributed by atoms with Gasteiger partial charge in [0.2, 0.25) is 5.88 Å². The van der Waals surface area contributed by atoms with Crippen LogP contribution in [-0.4, -0.2) is 77.2 Å². The number of nitrogens with two attached hydrogens (primary N) is 1. The van der Waals surface area contributed by atoms with Gasteiger partial charge in [0.1, 0.15) is 18.1 Å². The summed E-state index contributed by atoms with van der Waals surface area (Å²) in [7, 11) is 2.09. The summed E-state index contributed by atoms with van der Waals surface area (Å²) in [5.41, 5.74) is 7.07. The van der Waals surface area contributed by atoms with Crippen LogP contribution in [0.1, 0.15) is 69.3 Å². The fraction of sp³-hybridized carbons (Fsp3) is 0.536. The van der Waals surface area contributed by atoms with Crippen LogP contribution >= 0.6 is 0 Å². The molecule has 0 unspecified atom stereocenters. The van der Waals surface area contributed by atoms with Gasteiger partial charge in [-0.05, 0) is 58.5 Å². The van der Waals surface area contributed by atoms with E-state index >= 15 is 0 Å². The summed E-state index contributed by atoms with van der Waals surface area (Å²) in [5, 5.41) is 8.55. The lowest BCUT2D eigenvalue weighted by Crippen LogP contribution is -2.45. The molecule has 12 heteroatoms. The number of hydrogen-bond donors (Lipinski definition) is 1. The van der Waals surface area contributed by atoms with Crippen LogP contribution in [0.5, 0.6) is 5.88 Å². The second kappa shape index (κ2) is 10.9. The van der Waals surface area contributed by atoms with Crippen LogP contribution < -0.4 is 10.5 Å². The number of Topliss-reactive ketones (excluding diaryl/α,β-unsaturated/α-hetero) is 2. The van der Waals surface area contributed by atoms with Gasteiger partial charge in [-0.2, -0.15) is 4.98 Å². The molecule has 1 aliphatic heterocycles. The summed E-state index contributed by atoms with van der Waals surface area (Å²) in [6.45, 7) is 2.02. The minimum atomic E-state index is -0.950. The first-order chi connectivity index (χ1) is 19.4. The van der Waals surface area contributed by atoms with Gasteiger partial charge in [0.25, 0.3) is 0 Å². The Morgan fingerprint density at radius 3 is 2.80 bits per heavy atom. The predicted molar refractivity (Wildman–Crippen MR) is 145 cm³/mol. The van der Waals surface area contributed by atoms with Crippen LogP contribution in [0.3, 0.4) is 0 Å². The highest BCUT2D eigenvalue weighted by atomic mass is 16.5. The van der Waals surface area contributed by atoms with Crippen LogP contribution in [0.2, 0.25) is 0 Å². The Balaban J connectivity index is 1.35. The standard InChI is InChI=1S/C28H35N9O3/c1-35-12-5-6-20(35)17-40-24-14-23(37-16-19(33-34-37)15-36-13-11-30-18-36)31-27(32-24)25(29)21-7-4-10-28(26(21)39)9-3-2-8-22(28)38/h11,13-14,16,18,20H,2-10,12,15,17,29H2,1H3/b25-21-/t20-,28+/m0/s1. The molecule has 0 amide bonds. The first-order valence-electron chi connectivity index (χ1n) is 14.1. The van der Waals surface area contributed by atoms with E-state index in [0.29, 0.717) is 62.1 Å². The van der Waals surface area contributed by atoms with Crippen molar-refractivity contribution in [3.05, 3.63) is 48.1 Å². The normalized spacial score (nSPS) is 25.1. The molecule has 4 heterocycles. The summed E-state index contributed by atoms with van der Waals surface area (Å²) in [6.07, 6.45) is 13.8. The lowest BCUT2D eigenvalue weighted by molar-refractivity contribution is -0.143. The van der Waals surface area contributed by atoms with Gasteiger partial charge in [-0.1, -0.05) is 11.6 Å². The molecule has 2 atom stereocenters. The molecule has 12 nitrogen and oxygen atoms in total. The third kappa shape index (κ3) is 5.03. The molecule has 2 aliphatic carbocycles. The van der Waals surface area contributed by atoms with E-state index in [1.54, 1.807) is 29.5 Å². The molecule has 2 N–H and O–H groups in total. The maximum atomic E-state index is 13.8. The zero-order chi connectivity index (χ0) is 27.7. The number of nitrogens with zero attached hydrogens (tertiary/aromatic N) is 8. The van der Waals surface area contributed by atoms with Gasteiger partial charge < -0.3 is 19.9 Å². The second-order valence-electron chi connectivity index (χ2n) is 11.2. The topological polar surface area (TPSA) is 147 Å². The molecule has 2 saturated carbocycles. The molecule has 40 heavy (non-hydrogen) atoms. The first-order valence-corrected chi connectivity index (χ1v) is 14.1. The highest BCUT2D eigenvalue weighted by Crippen LogP contribution is 2.45. The minimum absolute atomic E-state index is 0.0427. The van der Waals surface area contributed by atoms with E-state index in [2.05, 4.69) is 32.2 Å². The van der Waals surface area contributed by atoms with E-state index < -0.39 is 5.41 Å². The first kappa shape index (κ1) is 26.3. The Morgan fingerprint density at radius 2 is 2.02 bits per heavy atom. The van der Waals surface area contributed by atoms with E-state index in [1.807, 2.05) is 10.8 Å². The molecule has 3 aliphatic rings. The van der Waals surface area contributed by atoms with Gasteiger partial charge in [0.05, 0.1) is 30.2 Å². The molecule has 0 aromatic carbocycles. The molecule has 0 radical (unpaired) electrons. The van der Waals surface area contributed by atoms with Crippen LogP contribution in [0.4, 0.5) is 0 Å². The van der Waals surface area contributed by atoms with Gasteiger partial charge in [-0.3, -0.25) is 9.59 Å². The Labute approximate surface area is 232 Å². The number of hydrogen-bond acceptors (Lipinski definition) is 10. The molecule has 6 rings (SSSR count). The maximum Gasteiger partial charge on any atom is 0.219 e. The number of carbonyl (C=O) groups excluding carboxylic acids is 2. The van der Waals surface area contributed by atoms with Gasteiger partial charge >= 0.3 is 0 Å². The number of allylic oxidation sites excluding steroid dienone is 1. The van der Waals surface area contributed by atoms with Crippen molar-refractivity contribution in [1.82, 2.24) is 39.4 Å². The van der Waals surface area contributed by atoms with E-state index in [4.69, 9.17) is 15.5 Å². The average Bonchev–Trinajstić information content (AvgIpc) is 3.74. The molecular weight excluding hydrogens is 510 g/mol. The molecule has 3 fully saturated rings. The number of rotatable bonds is 7. The zero-order valence-corrected chi connectivity index (χ0v) is 22.8. The number of likely N-dealkylation sites (N-methyl/N-ethyl adjacent to an activating group) is 1. The monoisotopic (exact) mass is 545 g/mol. The van der Waals surface area contributed by atoms with Crippen molar-refractivity contribution in [2.75, 3.05) is 20.2 Å². The fourth-order valence-electron chi connectivity index (χ4n) is 6.22. The summed E-state index contributed by atoms with van der Waals surface area (Å²) in [4.78, 5) is 42.4. The quantitative estimate of drug-likeness (QED) is 0.346. The predicted octanol–water partition coefficient (Wildman–Crippen LogP) is 2.33. The Bertz CT molecular complexity index is 1430. The van der Waals surface area contributed by atoms with Crippen molar-refractivity contribution in [2.24, 2.45) is 11.1 Å². The average molecular weight is 546 g/mol. The summed E-state index contributed by atoms with van der Waals surface area (Å²) >= 11 is 0. The number of aromatic nitrogens is 7. The summed E-state index contributed by atoms with van der Waals surface area (Å²) in [5.74, 6) is 0.860. The van der Waals surface area contributed by atoms with Crippen LogP contribution in [0.25, 0.3) is 11.5 Å². The number of carbonyl (C=O) groups is 2. The smallest absolute Gasteiger partial charge is 0.219 e. The summed E-state index contributed by atoms with van der Waals surface area (Å²) < 4.78 is 9.61. The van der Waals surface area contributed by atoms with Gasteiger partial charge in [-0.25, -0.2) is 14.6 Å². The highest BCUT2D eigenvalue weighted by molar-refractivity contribution is 6.17. The van der Waals surface area contributed by atoms with E-state index in [1.165, 1.54) is 0 Å². The Kier molecular flexibility index (Phi) is 7.18. The van der Waals surface area contributed by atoms with Crippen molar-refractivity contribution in [3.63, 3.8) is 0 Å². The largest absolute Gasteiger partial charge is 0.476 e. The second-order valence-corrected chi connectivity index (χ2v) is 11.2. The maximum absolute atomic E-state index is 13.8. The van der Waals surface area contributed by atoms with Crippen molar-refractivity contribution in [3.8, 4) is 11.7 Å². The molecule has 0 bridgehead atoms. The van der Waals surface area contributed by atoms with Crippen molar-refractivity contribution >= 4 is 17.3 Å². The number of likely N-dealkylation sites (tertiary alicyclic amines) is 1. The number of ketones is 2. The summed E-state index contributed by atoms with van der Waals surface area (Å²) in [6, 6.07) is 2.00. The number of ether oxygens (including phenoxy) is 1. The molecule has 210 valence electrons. The molecule has 3 aromatic heterocycles. The lowest BCUT2D eigenvalue weighted by Gasteiger charge is -2.38. The van der Waals surface area contributed by atoms with Gasteiger partial charge in [0, 0.05) is 36.5 Å². The van der Waals surface area contributed by atoms with Gasteiger partial charge in [0.15, 0.2) is 17.4 Å². The highest BCUT2D eigenvalue weighted by Gasteiger charge is 2.49. The van der Waals surface area contributed by atoms with Crippen LogP contribution in [0, 0.1) is 5.41 Å². The molecule has 3 aromatic rings. The van der Waals surface area contributed by atoms with E-state index in [-0.39, 0.29) is 23.1 Å². The van der Waals surface area contributed by atoms with Crippen molar-refractivity contribution in [1.29, 1.82) is 0 Å². The van der Waals surface area contributed by atoms with Crippen LogP contribution in [0.15, 0.2) is 36.6 Å². The Morgan fingerprint density at radius 1 is 1.15 bits per heavy atom. The molecule has 1 spiro atoms. The van der Waals surface area contributed by atoms with E-state index in [9.17, 15) is 9.59 Å². The molecular formula is C28H35N9O3.